The Labute approximate surface area is 96.1 Å². The summed E-state index contributed by atoms with van der Waals surface area (Å²) in [6.07, 6.45) is 3.30. The molecule has 2 N–H and O–H groups in total. The van der Waals surface area contributed by atoms with Crippen molar-refractivity contribution in [1.29, 1.82) is 0 Å². The van der Waals surface area contributed by atoms with Crippen molar-refractivity contribution in [3.8, 4) is 0 Å². The van der Waals surface area contributed by atoms with Crippen LogP contribution in [0.15, 0.2) is 0 Å². The second kappa shape index (κ2) is 4.00. The van der Waals surface area contributed by atoms with E-state index >= 15 is 0 Å². The van der Waals surface area contributed by atoms with Crippen LogP contribution in [-0.2, 0) is 14.6 Å². The number of amides is 1. The molecular weight excluding hydrogens is 230 g/mol. The summed E-state index contributed by atoms with van der Waals surface area (Å²) in [6, 6.07) is 0. The van der Waals surface area contributed by atoms with Gasteiger partial charge < -0.3 is 10.4 Å². The molecule has 1 fully saturated rings. The molecule has 0 saturated heterocycles. The van der Waals surface area contributed by atoms with E-state index in [0.717, 1.165) is 12.7 Å². The third kappa shape index (κ3) is 2.55. The summed E-state index contributed by atoms with van der Waals surface area (Å²) in [5, 5.41) is 12.3. The Morgan fingerprint density at radius 2 is 1.94 bits per heavy atom. The largest absolute Gasteiger partial charge is 0.388 e. The maximum absolute atomic E-state index is 11.7. The van der Waals surface area contributed by atoms with Crippen molar-refractivity contribution in [2.75, 3.05) is 12.8 Å². The topological polar surface area (TPSA) is 83.5 Å². The lowest BCUT2D eigenvalue weighted by Gasteiger charge is -2.37. The van der Waals surface area contributed by atoms with Crippen LogP contribution in [-0.4, -0.2) is 42.6 Å². The third-order valence-electron chi connectivity index (χ3n) is 3.34. The Balaban J connectivity index is 2.59. The number of hydrogen-bond donors (Lipinski definition) is 2. The highest BCUT2D eigenvalue weighted by molar-refractivity contribution is 7.92. The van der Waals surface area contributed by atoms with Gasteiger partial charge in [-0.15, -0.1) is 0 Å². The summed E-state index contributed by atoms with van der Waals surface area (Å²) in [5.41, 5.74) is -0.830. The van der Waals surface area contributed by atoms with Crippen molar-refractivity contribution in [2.24, 2.45) is 0 Å². The molecule has 0 heterocycles. The molecule has 0 aliphatic heterocycles. The van der Waals surface area contributed by atoms with Gasteiger partial charge in [-0.1, -0.05) is 0 Å². The molecule has 94 valence electrons. The number of carbonyl (C=O) groups excluding carboxylic acids is 1. The molecule has 1 rings (SSSR count). The lowest BCUT2D eigenvalue weighted by Crippen LogP contribution is -2.54. The molecular formula is C10H19NO4S. The van der Waals surface area contributed by atoms with Gasteiger partial charge in [0.15, 0.2) is 9.84 Å². The normalized spacial score (nSPS) is 20.0. The molecule has 1 saturated carbocycles. The van der Waals surface area contributed by atoms with Crippen molar-refractivity contribution in [2.45, 2.75) is 43.5 Å². The van der Waals surface area contributed by atoms with E-state index in [0.29, 0.717) is 12.8 Å². The van der Waals surface area contributed by atoms with Crippen LogP contribution in [0.25, 0.3) is 0 Å². The molecule has 1 aliphatic carbocycles. The van der Waals surface area contributed by atoms with Gasteiger partial charge in [0.05, 0.1) is 5.60 Å². The van der Waals surface area contributed by atoms with Crippen molar-refractivity contribution < 1.29 is 18.3 Å². The Morgan fingerprint density at radius 3 is 2.25 bits per heavy atom. The van der Waals surface area contributed by atoms with Crippen molar-refractivity contribution in [3.63, 3.8) is 0 Å². The van der Waals surface area contributed by atoms with E-state index in [1.807, 2.05) is 0 Å². The van der Waals surface area contributed by atoms with E-state index in [1.165, 1.54) is 13.8 Å². The van der Waals surface area contributed by atoms with Gasteiger partial charge in [0, 0.05) is 12.8 Å². The van der Waals surface area contributed by atoms with E-state index in [4.69, 9.17) is 0 Å². The van der Waals surface area contributed by atoms with Crippen LogP contribution in [0.1, 0.15) is 33.1 Å². The average molecular weight is 249 g/mol. The molecule has 0 aromatic carbocycles. The Bertz CT molecular complexity index is 382. The minimum atomic E-state index is -3.45. The quantitative estimate of drug-likeness (QED) is 0.725. The number of aliphatic hydroxyl groups is 1. The number of sulfone groups is 1. The molecule has 0 spiro atoms. The molecule has 6 heteroatoms. The van der Waals surface area contributed by atoms with Gasteiger partial charge in [-0.05, 0) is 33.1 Å². The first kappa shape index (κ1) is 13.4. The summed E-state index contributed by atoms with van der Waals surface area (Å²) in [4.78, 5) is 11.7. The SMILES string of the molecule is CC(C)(C(=O)NCC1(O)CCC1)S(C)(=O)=O. The van der Waals surface area contributed by atoms with Crippen LogP contribution in [0, 0.1) is 0 Å². The molecule has 0 atom stereocenters. The molecule has 0 radical (unpaired) electrons. The van der Waals surface area contributed by atoms with Crippen molar-refractivity contribution >= 4 is 15.7 Å². The van der Waals surface area contributed by atoms with Gasteiger partial charge in [0.25, 0.3) is 0 Å². The van der Waals surface area contributed by atoms with Crippen LogP contribution in [0.4, 0.5) is 0 Å². The minimum absolute atomic E-state index is 0.130. The van der Waals surface area contributed by atoms with Gasteiger partial charge in [-0.2, -0.15) is 0 Å². The Kier molecular flexibility index (Phi) is 3.36. The van der Waals surface area contributed by atoms with Gasteiger partial charge in [-0.3, -0.25) is 4.79 Å². The highest BCUT2D eigenvalue weighted by Gasteiger charge is 2.41. The maximum atomic E-state index is 11.7. The second-order valence-corrected chi connectivity index (χ2v) is 7.61. The van der Waals surface area contributed by atoms with Crippen molar-refractivity contribution in [3.05, 3.63) is 0 Å². The zero-order chi connectivity index (χ0) is 12.6. The zero-order valence-corrected chi connectivity index (χ0v) is 10.7. The number of nitrogens with one attached hydrogen (secondary N) is 1. The molecule has 0 unspecified atom stereocenters. The van der Waals surface area contributed by atoms with E-state index in [-0.39, 0.29) is 6.54 Å². The smallest absolute Gasteiger partial charge is 0.240 e. The minimum Gasteiger partial charge on any atom is -0.388 e. The standard InChI is InChI=1S/C10H19NO4S/c1-9(2,16(3,14)15)8(12)11-7-10(13)5-4-6-10/h13H,4-7H2,1-3H3,(H,11,12). The van der Waals surface area contributed by atoms with E-state index in [2.05, 4.69) is 5.32 Å². The Hall–Kier alpha value is -0.620. The fraction of sp³-hybridized carbons (Fsp3) is 0.900. The summed E-state index contributed by atoms with van der Waals surface area (Å²) < 4.78 is 21.3. The highest BCUT2D eigenvalue weighted by atomic mass is 32.2. The van der Waals surface area contributed by atoms with Gasteiger partial charge >= 0.3 is 0 Å². The van der Waals surface area contributed by atoms with Crippen LogP contribution < -0.4 is 5.32 Å². The van der Waals surface area contributed by atoms with Crippen LogP contribution in [0.5, 0.6) is 0 Å². The second-order valence-electron chi connectivity index (χ2n) is 5.04. The fourth-order valence-electron chi connectivity index (χ4n) is 1.39. The summed E-state index contributed by atoms with van der Waals surface area (Å²) in [7, 11) is -3.45. The average Bonchev–Trinajstić information content (AvgIpc) is 2.09. The summed E-state index contributed by atoms with van der Waals surface area (Å²) in [5.74, 6) is -0.560. The lowest BCUT2D eigenvalue weighted by atomic mass is 9.80. The molecule has 1 aliphatic rings. The highest BCUT2D eigenvalue weighted by Crippen LogP contribution is 2.30. The first-order chi connectivity index (χ1) is 7.08. The predicted molar refractivity (Wildman–Crippen MR) is 60.7 cm³/mol. The van der Waals surface area contributed by atoms with E-state index in [9.17, 15) is 18.3 Å². The lowest BCUT2D eigenvalue weighted by molar-refractivity contribution is -0.125. The molecule has 0 bridgehead atoms. The molecule has 0 aromatic heterocycles. The predicted octanol–water partition coefficient (Wildman–Crippen LogP) is -0.159. The number of rotatable bonds is 4. The molecule has 5 nitrogen and oxygen atoms in total. The Morgan fingerprint density at radius 1 is 1.44 bits per heavy atom. The summed E-state index contributed by atoms with van der Waals surface area (Å²) in [6.45, 7) is 2.86. The zero-order valence-electron chi connectivity index (χ0n) is 9.91. The van der Waals surface area contributed by atoms with Crippen LogP contribution >= 0.6 is 0 Å². The maximum Gasteiger partial charge on any atom is 0.240 e. The van der Waals surface area contributed by atoms with Crippen molar-refractivity contribution in [1.82, 2.24) is 5.32 Å². The molecule has 1 amide bonds. The summed E-state index contributed by atoms with van der Waals surface area (Å²) >= 11 is 0. The van der Waals surface area contributed by atoms with Gasteiger partial charge in [0.2, 0.25) is 5.91 Å². The number of hydrogen-bond acceptors (Lipinski definition) is 4. The molecule has 0 aromatic rings. The van der Waals surface area contributed by atoms with Gasteiger partial charge in [-0.25, -0.2) is 8.42 Å². The van der Waals surface area contributed by atoms with Crippen LogP contribution in [0.3, 0.4) is 0 Å². The fourth-order valence-corrected chi connectivity index (χ4v) is 1.80. The first-order valence-electron chi connectivity index (χ1n) is 5.29. The van der Waals surface area contributed by atoms with E-state index < -0.39 is 26.1 Å². The van der Waals surface area contributed by atoms with Gasteiger partial charge in [0.1, 0.15) is 4.75 Å². The molecule has 16 heavy (non-hydrogen) atoms. The first-order valence-corrected chi connectivity index (χ1v) is 7.18. The number of carbonyl (C=O) groups is 1. The monoisotopic (exact) mass is 249 g/mol. The third-order valence-corrected chi connectivity index (χ3v) is 5.38. The van der Waals surface area contributed by atoms with E-state index in [1.54, 1.807) is 0 Å². The van der Waals surface area contributed by atoms with Crippen LogP contribution in [0.2, 0.25) is 0 Å².